The molecule has 6 N–H and O–H groups in total. The van der Waals surface area contributed by atoms with Gasteiger partial charge in [0.1, 0.15) is 6.04 Å². The van der Waals surface area contributed by atoms with E-state index in [0.717, 1.165) is 0 Å². The van der Waals surface area contributed by atoms with Gasteiger partial charge < -0.3 is 26.3 Å². The Labute approximate surface area is 120 Å². The highest BCUT2D eigenvalue weighted by Crippen LogP contribution is 1.99. The van der Waals surface area contributed by atoms with Gasteiger partial charge in [0.05, 0.1) is 6.61 Å². The minimum Gasteiger partial charge on any atom is -0.480 e. The molecule has 11 heteroatoms. The van der Waals surface area contributed by atoms with Crippen molar-refractivity contribution in [3.63, 3.8) is 0 Å². The highest BCUT2D eigenvalue weighted by atomic mass is 16.9. The number of hydrogen-bond donors (Lipinski definition) is 5. The number of guanidine groups is 1. The highest BCUT2D eigenvalue weighted by molar-refractivity contribution is 5.83. The average Bonchev–Trinajstić information content (AvgIpc) is 2.37. The zero-order valence-corrected chi connectivity index (χ0v) is 11.3. The summed E-state index contributed by atoms with van der Waals surface area (Å²) in [6.45, 7) is 0.104. The van der Waals surface area contributed by atoms with Crippen LogP contribution in [0.4, 0.5) is 0 Å². The topological polar surface area (TPSA) is 181 Å². The van der Waals surface area contributed by atoms with Crippen molar-refractivity contribution in [1.82, 2.24) is 10.6 Å². The van der Waals surface area contributed by atoms with E-state index in [1.807, 2.05) is 0 Å². The summed E-state index contributed by atoms with van der Waals surface area (Å²) in [6, 6.07) is -1.05. The number of nitrogens with one attached hydrogen (secondary N) is 3. The van der Waals surface area contributed by atoms with Crippen molar-refractivity contribution in [3.05, 3.63) is 10.1 Å². The molecule has 0 fully saturated rings. The monoisotopic (exact) mass is 305 g/mol. The number of nitrogens with two attached hydrogens (primary N) is 1. The van der Waals surface area contributed by atoms with Crippen molar-refractivity contribution in [2.75, 3.05) is 13.2 Å². The van der Waals surface area contributed by atoms with Crippen LogP contribution in [-0.2, 0) is 14.4 Å². The SMILES string of the molecule is N=C(N)NCCCC(NC(=O)CCCO[N+](=O)[O-])C(=O)O. The maximum atomic E-state index is 11.5. The Morgan fingerprint density at radius 3 is 2.62 bits per heavy atom. The predicted octanol–water partition coefficient (Wildman–Crippen LogP) is -1.19. The summed E-state index contributed by atoms with van der Waals surface area (Å²) >= 11 is 0. The van der Waals surface area contributed by atoms with E-state index in [4.69, 9.17) is 16.2 Å². The molecule has 1 unspecified atom stereocenters. The molecule has 21 heavy (non-hydrogen) atoms. The Balaban J connectivity index is 3.95. The van der Waals surface area contributed by atoms with E-state index in [1.165, 1.54) is 0 Å². The lowest BCUT2D eigenvalue weighted by Gasteiger charge is -2.14. The summed E-state index contributed by atoms with van der Waals surface area (Å²) in [5.41, 5.74) is 5.07. The third kappa shape index (κ3) is 11.0. The Bertz CT molecular complexity index is 388. The van der Waals surface area contributed by atoms with Gasteiger partial charge in [-0.25, -0.2) is 4.79 Å². The fourth-order valence-electron chi connectivity index (χ4n) is 1.42. The molecule has 0 rings (SSSR count). The van der Waals surface area contributed by atoms with Crippen LogP contribution in [-0.4, -0.2) is 47.2 Å². The number of amides is 1. The number of hydrogen-bond acceptors (Lipinski definition) is 6. The Kier molecular flexibility index (Phi) is 8.97. The van der Waals surface area contributed by atoms with Gasteiger partial charge in [-0.3, -0.25) is 10.2 Å². The fraction of sp³-hybridized carbons (Fsp3) is 0.700. The third-order valence-corrected chi connectivity index (χ3v) is 2.36. The molecule has 1 atom stereocenters. The second-order valence-electron chi connectivity index (χ2n) is 4.10. The number of carbonyl (C=O) groups is 2. The lowest BCUT2D eigenvalue weighted by atomic mass is 10.1. The first-order valence-corrected chi connectivity index (χ1v) is 6.20. The van der Waals surface area contributed by atoms with Gasteiger partial charge in [0, 0.05) is 13.0 Å². The largest absolute Gasteiger partial charge is 0.480 e. The molecule has 0 saturated carbocycles. The van der Waals surface area contributed by atoms with Crippen molar-refractivity contribution >= 4 is 17.8 Å². The molecule has 0 bridgehead atoms. The van der Waals surface area contributed by atoms with E-state index in [0.29, 0.717) is 13.0 Å². The summed E-state index contributed by atoms with van der Waals surface area (Å²) < 4.78 is 0. The van der Waals surface area contributed by atoms with Crippen LogP contribution in [0.3, 0.4) is 0 Å². The summed E-state index contributed by atoms with van der Waals surface area (Å²) in [5, 5.41) is 29.6. The number of nitrogens with zero attached hydrogens (tertiary/aromatic N) is 1. The first kappa shape index (κ1) is 18.4. The summed E-state index contributed by atoms with van der Waals surface area (Å²) in [4.78, 5) is 36.4. The van der Waals surface area contributed by atoms with Gasteiger partial charge in [0.2, 0.25) is 5.91 Å². The molecular formula is C10H19N5O6. The summed E-state index contributed by atoms with van der Waals surface area (Å²) in [6.07, 6.45) is 0.627. The number of aliphatic carboxylic acids is 1. The van der Waals surface area contributed by atoms with Crippen molar-refractivity contribution < 1.29 is 24.6 Å². The molecule has 0 aliphatic carbocycles. The van der Waals surface area contributed by atoms with Crippen molar-refractivity contribution in [3.8, 4) is 0 Å². The van der Waals surface area contributed by atoms with E-state index in [9.17, 15) is 19.7 Å². The zero-order valence-electron chi connectivity index (χ0n) is 11.3. The van der Waals surface area contributed by atoms with Gasteiger partial charge in [-0.05, 0) is 19.3 Å². The van der Waals surface area contributed by atoms with Crippen LogP contribution in [0.2, 0.25) is 0 Å². The van der Waals surface area contributed by atoms with Crippen LogP contribution in [0.15, 0.2) is 0 Å². The Hall–Kier alpha value is -2.59. The number of carboxylic acids is 1. The van der Waals surface area contributed by atoms with Crippen LogP contribution in [0.5, 0.6) is 0 Å². The van der Waals surface area contributed by atoms with Crippen LogP contribution in [0.1, 0.15) is 25.7 Å². The molecule has 0 aliphatic heterocycles. The molecule has 1 amide bonds. The van der Waals surface area contributed by atoms with Gasteiger partial charge in [0.15, 0.2) is 5.96 Å². The molecule has 0 radical (unpaired) electrons. The standard InChI is InChI=1S/C10H19N5O6/c11-10(12)13-5-1-3-7(9(17)18)14-8(16)4-2-6-21-15(19)20/h7H,1-6H2,(H,14,16)(H,17,18)(H4,11,12,13). The van der Waals surface area contributed by atoms with Crippen LogP contribution in [0.25, 0.3) is 0 Å². The van der Waals surface area contributed by atoms with Gasteiger partial charge >= 0.3 is 5.97 Å². The van der Waals surface area contributed by atoms with E-state index in [1.54, 1.807) is 0 Å². The quantitative estimate of drug-likeness (QED) is 0.104. The van der Waals surface area contributed by atoms with E-state index in [2.05, 4.69) is 15.5 Å². The lowest BCUT2D eigenvalue weighted by Crippen LogP contribution is -2.41. The molecule has 11 nitrogen and oxygen atoms in total. The normalized spacial score (nSPS) is 11.2. The van der Waals surface area contributed by atoms with Crippen molar-refractivity contribution in [2.24, 2.45) is 5.73 Å². The molecule has 0 aromatic rings. The van der Waals surface area contributed by atoms with Crippen LogP contribution in [0, 0.1) is 15.5 Å². The van der Waals surface area contributed by atoms with Crippen molar-refractivity contribution in [1.29, 1.82) is 5.41 Å². The third-order valence-electron chi connectivity index (χ3n) is 2.36. The maximum Gasteiger partial charge on any atom is 0.326 e. The summed E-state index contributed by atoms with van der Waals surface area (Å²) in [5.74, 6) is -1.90. The fourth-order valence-corrected chi connectivity index (χ4v) is 1.42. The number of carboxylic acid groups (broad SMARTS) is 1. The van der Waals surface area contributed by atoms with E-state index in [-0.39, 0.29) is 31.8 Å². The molecular weight excluding hydrogens is 286 g/mol. The van der Waals surface area contributed by atoms with Crippen LogP contribution < -0.4 is 16.4 Å². The number of rotatable bonds is 11. The highest BCUT2D eigenvalue weighted by Gasteiger charge is 2.19. The molecule has 0 heterocycles. The van der Waals surface area contributed by atoms with Gasteiger partial charge in [0.25, 0.3) is 5.09 Å². The minimum absolute atomic E-state index is 0.0662. The van der Waals surface area contributed by atoms with Crippen LogP contribution >= 0.6 is 0 Å². The molecule has 0 aromatic carbocycles. The van der Waals surface area contributed by atoms with Gasteiger partial charge in [-0.1, -0.05) is 0 Å². The predicted molar refractivity (Wildman–Crippen MR) is 70.9 cm³/mol. The molecule has 0 saturated heterocycles. The van der Waals surface area contributed by atoms with Gasteiger partial charge in [-0.2, -0.15) is 0 Å². The molecule has 0 spiro atoms. The zero-order chi connectivity index (χ0) is 16.3. The average molecular weight is 305 g/mol. The lowest BCUT2D eigenvalue weighted by molar-refractivity contribution is -0.757. The minimum atomic E-state index is -1.17. The molecule has 0 aliphatic rings. The molecule has 0 aromatic heterocycles. The van der Waals surface area contributed by atoms with E-state index < -0.39 is 23.0 Å². The van der Waals surface area contributed by atoms with Gasteiger partial charge in [-0.15, -0.1) is 10.1 Å². The summed E-state index contributed by atoms with van der Waals surface area (Å²) in [7, 11) is 0. The Morgan fingerprint density at radius 2 is 2.10 bits per heavy atom. The van der Waals surface area contributed by atoms with E-state index >= 15 is 0 Å². The smallest absolute Gasteiger partial charge is 0.326 e. The first-order valence-electron chi connectivity index (χ1n) is 6.20. The Morgan fingerprint density at radius 1 is 1.43 bits per heavy atom. The molecule has 120 valence electrons. The first-order chi connectivity index (χ1) is 9.82. The number of carbonyl (C=O) groups excluding carboxylic acids is 1. The second kappa shape index (κ2) is 10.2. The van der Waals surface area contributed by atoms with Crippen molar-refractivity contribution in [2.45, 2.75) is 31.7 Å². The maximum absolute atomic E-state index is 11.5. The second-order valence-corrected chi connectivity index (χ2v) is 4.10.